The smallest absolute Gasteiger partial charge is 0.850 e. The van der Waals surface area contributed by atoms with Crippen LogP contribution < -0.4 is 10.2 Å². The van der Waals surface area contributed by atoms with Crippen molar-refractivity contribution in [3.05, 3.63) is 126 Å². The van der Waals surface area contributed by atoms with Crippen molar-refractivity contribution < 1.29 is 31.9 Å². The van der Waals surface area contributed by atoms with Crippen molar-refractivity contribution >= 4 is 0 Å². The molecule has 0 saturated carbocycles. The molecule has 0 atom stereocenters. The Morgan fingerprint density at radius 1 is 0.711 bits per heavy atom. The van der Waals surface area contributed by atoms with Gasteiger partial charge in [-0.05, 0) is 24.0 Å². The van der Waals surface area contributed by atoms with Crippen LogP contribution in [0.15, 0.2) is 103 Å². The molecule has 3 heteroatoms. The van der Waals surface area contributed by atoms with Gasteiger partial charge in [0.15, 0.2) is 0 Å². The van der Waals surface area contributed by atoms with E-state index in [1.807, 2.05) is 24.3 Å². The van der Waals surface area contributed by atoms with Gasteiger partial charge < -0.3 is 16.1 Å². The van der Waals surface area contributed by atoms with Crippen LogP contribution in [0.25, 0.3) is 0 Å². The minimum absolute atomic E-state index is 0. The van der Waals surface area contributed by atoms with Crippen LogP contribution in [0.1, 0.15) is 79.9 Å². The number of rotatable bonds is 5. The van der Waals surface area contributed by atoms with E-state index in [0.29, 0.717) is 0 Å². The molecule has 0 bridgehead atoms. The number of allylic oxidation sites excluding steroid dienone is 8. The van der Waals surface area contributed by atoms with E-state index in [2.05, 4.69) is 106 Å². The van der Waals surface area contributed by atoms with Gasteiger partial charge in [0.25, 0.3) is 0 Å². The molecule has 0 radical (unpaired) electrons. The van der Waals surface area contributed by atoms with Crippen LogP contribution in [0.4, 0.5) is 0 Å². The largest absolute Gasteiger partial charge is 4.00 e. The van der Waals surface area contributed by atoms with E-state index < -0.39 is 11.2 Å². The summed E-state index contributed by atoms with van der Waals surface area (Å²) in [7, 11) is 0. The van der Waals surface area contributed by atoms with Crippen molar-refractivity contribution in [2.45, 2.75) is 92.8 Å². The van der Waals surface area contributed by atoms with Crippen molar-refractivity contribution in [3.8, 4) is 0 Å². The van der Waals surface area contributed by atoms with Crippen LogP contribution in [0, 0.1) is 12.0 Å². The minimum Gasteiger partial charge on any atom is -0.850 e. The standard InChI is InChI=1S/C18H18.C5H5.2C4H9O.C4H9.Ti/c1(5-11-17-13-7-3-8-14-17)2-6-12-18-15-9-4-10-16-18;1-2-4-5-3-1;2*1-4(2,3)5;1-4(2)3;/h1-10,13-16H,11-12H2;1-3H,4H2;2*1-3H3;1-3H3;/q;4*-1;+4. The third-order valence-corrected chi connectivity index (χ3v) is 3.36. The number of hydrogen-bond acceptors (Lipinski definition) is 2. The maximum atomic E-state index is 10.1. The van der Waals surface area contributed by atoms with Gasteiger partial charge in [0.1, 0.15) is 0 Å². The summed E-state index contributed by atoms with van der Waals surface area (Å²) in [6.45, 7) is 16.0. The summed E-state index contributed by atoms with van der Waals surface area (Å²) in [6.07, 6.45) is 20.6. The first kappa shape index (κ1) is 40.5. The Labute approximate surface area is 250 Å². The topological polar surface area (TPSA) is 46.1 Å². The molecular weight excluding hydrogens is 500 g/mol. The van der Waals surface area contributed by atoms with Crippen LogP contribution >= 0.6 is 0 Å². The Balaban J connectivity index is -0.000000501. The third kappa shape index (κ3) is 47.3. The fourth-order valence-corrected chi connectivity index (χ4v) is 2.13. The predicted octanol–water partition coefficient (Wildman–Crippen LogP) is 7.80. The van der Waals surface area contributed by atoms with Crippen molar-refractivity contribution in [2.24, 2.45) is 0 Å². The maximum Gasteiger partial charge on any atom is 4.00 e. The first-order chi connectivity index (χ1) is 17.2. The molecule has 0 fully saturated rings. The minimum atomic E-state index is -0.750. The van der Waals surface area contributed by atoms with E-state index in [-0.39, 0.29) is 21.7 Å². The Kier molecular flexibility index (Phi) is 27.0. The molecule has 0 unspecified atom stereocenters. The Morgan fingerprint density at radius 2 is 1.03 bits per heavy atom. The van der Waals surface area contributed by atoms with Crippen molar-refractivity contribution in [3.63, 3.8) is 0 Å². The summed E-state index contributed by atoms with van der Waals surface area (Å²) in [5.41, 5.74) is 1.20. The van der Waals surface area contributed by atoms with E-state index >= 15 is 0 Å². The monoisotopic (exact) mass is 550 g/mol. The molecule has 0 aromatic heterocycles. The van der Waals surface area contributed by atoms with Gasteiger partial charge in [-0.2, -0.15) is 26.8 Å². The van der Waals surface area contributed by atoms with E-state index in [1.54, 1.807) is 41.5 Å². The van der Waals surface area contributed by atoms with Gasteiger partial charge in [-0.1, -0.05) is 127 Å². The fraction of sp³-hybridized carbons (Fsp3) is 0.400. The van der Waals surface area contributed by atoms with Gasteiger partial charge >= 0.3 is 21.7 Å². The number of hydrogen-bond donors (Lipinski definition) is 0. The molecule has 206 valence electrons. The maximum absolute atomic E-state index is 10.1. The van der Waals surface area contributed by atoms with Crippen LogP contribution in [-0.4, -0.2) is 11.2 Å². The number of benzene rings is 2. The van der Waals surface area contributed by atoms with Crippen LogP contribution in [-0.2, 0) is 34.6 Å². The molecule has 0 spiro atoms. The summed E-state index contributed by atoms with van der Waals surface area (Å²) in [5, 5.41) is 20.2. The van der Waals surface area contributed by atoms with Crippen molar-refractivity contribution in [1.29, 1.82) is 0 Å². The summed E-state index contributed by atoms with van der Waals surface area (Å²) in [5.74, 6) is 1.42. The van der Waals surface area contributed by atoms with Crippen LogP contribution in [0.2, 0.25) is 0 Å². The molecule has 1 aliphatic carbocycles. The van der Waals surface area contributed by atoms with Crippen LogP contribution in [0.5, 0.6) is 0 Å². The van der Waals surface area contributed by atoms with Crippen molar-refractivity contribution in [2.75, 3.05) is 0 Å². The van der Waals surface area contributed by atoms with Crippen LogP contribution in [0.3, 0.4) is 0 Å². The molecule has 0 saturated heterocycles. The van der Waals surface area contributed by atoms with E-state index in [9.17, 15) is 10.2 Å². The third-order valence-electron chi connectivity index (χ3n) is 3.36. The summed E-state index contributed by atoms with van der Waals surface area (Å²) < 4.78 is 0. The predicted molar refractivity (Wildman–Crippen MR) is 160 cm³/mol. The quantitative estimate of drug-likeness (QED) is 0.217. The molecular formula is C35H50O2Ti. The normalized spacial score (nSPS) is 11.8. The summed E-state index contributed by atoms with van der Waals surface area (Å²) >= 11 is 0. The average molecular weight is 551 g/mol. The molecule has 0 N–H and O–H groups in total. The zero-order valence-electron chi connectivity index (χ0n) is 25.3. The Bertz CT molecular complexity index is 779. The Morgan fingerprint density at radius 3 is 1.24 bits per heavy atom. The van der Waals surface area contributed by atoms with Gasteiger partial charge in [-0.15, -0.1) is 17.6 Å². The molecule has 2 aromatic carbocycles. The SMILES string of the molecule is C(C=CCc1ccccc1)=CCc1ccccc1.CC(C)(C)[O-].CC(C)(C)[O-].C[C-](C)C.[C-]1=CC=CC1.[Ti+4]. The van der Waals surface area contributed by atoms with E-state index in [1.165, 1.54) is 17.0 Å². The van der Waals surface area contributed by atoms with Gasteiger partial charge in [0.05, 0.1) is 0 Å². The first-order valence-corrected chi connectivity index (χ1v) is 13.0. The molecule has 2 nitrogen and oxygen atoms in total. The second-order valence-corrected chi connectivity index (χ2v) is 11.0. The van der Waals surface area contributed by atoms with Crippen molar-refractivity contribution in [1.82, 2.24) is 0 Å². The summed E-state index contributed by atoms with van der Waals surface area (Å²) in [4.78, 5) is 0. The zero-order chi connectivity index (χ0) is 28.6. The first-order valence-electron chi connectivity index (χ1n) is 13.0. The van der Waals surface area contributed by atoms with Gasteiger partial charge in [-0.3, -0.25) is 6.08 Å². The second kappa shape index (κ2) is 25.3. The van der Waals surface area contributed by atoms with E-state index in [4.69, 9.17) is 0 Å². The van der Waals surface area contributed by atoms with Gasteiger partial charge in [-0.25, -0.2) is 12.2 Å². The molecule has 2 aromatic rings. The molecule has 0 amide bonds. The summed E-state index contributed by atoms with van der Waals surface area (Å²) in [6, 6.07) is 21.0. The molecule has 3 rings (SSSR count). The molecule has 1 aliphatic rings. The Hall–Kier alpha value is -1.97. The zero-order valence-corrected chi connectivity index (χ0v) is 26.8. The van der Waals surface area contributed by atoms with Gasteiger partial charge in [0, 0.05) is 0 Å². The van der Waals surface area contributed by atoms with Gasteiger partial charge in [0.2, 0.25) is 0 Å². The fourth-order valence-electron chi connectivity index (χ4n) is 2.13. The molecule has 0 heterocycles. The second-order valence-electron chi connectivity index (χ2n) is 11.0. The molecule has 38 heavy (non-hydrogen) atoms. The molecule has 0 aliphatic heterocycles. The average Bonchev–Trinajstić information content (AvgIpc) is 3.35. The van der Waals surface area contributed by atoms with E-state index in [0.717, 1.165) is 19.3 Å².